The molecule has 0 aliphatic heterocycles. The molecule has 0 heterocycles. The van der Waals surface area contributed by atoms with Gasteiger partial charge >= 0.3 is 12.1 Å². The second-order valence-electron chi connectivity index (χ2n) is 16.9. The van der Waals surface area contributed by atoms with Crippen molar-refractivity contribution in [2.45, 2.75) is 148 Å². The van der Waals surface area contributed by atoms with E-state index in [4.69, 9.17) is 4.74 Å². The summed E-state index contributed by atoms with van der Waals surface area (Å²) in [6.07, 6.45) is 1.41. The number of phenols is 1. The molecule has 16 nitrogen and oxygen atoms in total. The monoisotopic (exact) mass is 853 g/mol. The molecule has 61 heavy (non-hydrogen) atoms. The molecular weight excluding hydrogens is 787 g/mol. The molecule has 2 aromatic rings. The summed E-state index contributed by atoms with van der Waals surface area (Å²) in [5, 5.41) is 45.6. The third-order valence-electron chi connectivity index (χ3n) is 10.8. The topological polar surface area (TPSA) is 242 Å². The fourth-order valence-corrected chi connectivity index (χ4v) is 7.36. The van der Waals surface area contributed by atoms with Gasteiger partial charge in [0.1, 0.15) is 30.5 Å². The molecule has 7 atom stereocenters. The van der Waals surface area contributed by atoms with Crippen molar-refractivity contribution < 1.29 is 53.6 Å². The van der Waals surface area contributed by atoms with E-state index in [1.807, 2.05) is 19.9 Å². The van der Waals surface area contributed by atoms with Crippen LogP contribution in [0.4, 0.5) is 4.79 Å². The van der Waals surface area contributed by atoms with Crippen LogP contribution < -0.4 is 26.6 Å². The van der Waals surface area contributed by atoms with Crippen molar-refractivity contribution in [1.29, 1.82) is 0 Å². The molecule has 2 aromatic carbocycles. The number of hydrogen-bond acceptors (Lipinski definition) is 11. The van der Waals surface area contributed by atoms with Gasteiger partial charge in [0.2, 0.25) is 23.6 Å². The molecule has 0 aromatic heterocycles. The van der Waals surface area contributed by atoms with Crippen molar-refractivity contribution in [1.82, 2.24) is 26.6 Å². The number of carbonyl (C=O) groups excluding carboxylic acids is 6. The Labute approximate surface area is 359 Å². The summed E-state index contributed by atoms with van der Waals surface area (Å²) in [6, 6.07) is 10.2. The molecule has 16 heteroatoms. The third kappa shape index (κ3) is 18.1. The minimum Gasteiger partial charge on any atom is -0.508 e. The largest absolute Gasteiger partial charge is 0.508 e. The fourth-order valence-electron chi connectivity index (χ4n) is 7.36. The minimum absolute atomic E-state index is 0.0139. The number of carbonyl (C=O) groups is 6. The highest BCUT2D eigenvalue weighted by molar-refractivity contribution is 5.92. The maximum Gasteiger partial charge on any atom is 0.408 e. The third-order valence-corrected chi connectivity index (χ3v) is 10.8. The highest BCUT2D eigenvalue weighted by Gasteiger charge is 2.34. The Kier molecular flexibility index (Phi) is 21.0. The van der Waals surface area contributed by atoms with Crippen molar-refractivity contribution >= 4 is 35.7 Å². The standard InChI is InChI=1S/C45H67N5O11/c1-27(2)21-34(38(53)25-40(55)60-6)47-42(56)29(5)46-39(54)24-37(52)35(22-30-13-9-7-10-14-30)48-44(58)41(28(3)4)50-43(57)36(23-31-17-19-33(51)20-18-31)49-45(59)61-26-32-15-11-8-12-16-32/h8,11-12,15-20,27-30,34-38,41,51-53H,7,9-10,13-14,21-26H2,1-6H3,(H,46,54)(H,47,56)(H,48,58)(H,49,59)(H,50,57)/t29-,34?,35?,36-,37?,38-,41-/m0/s1. The van der Waals surface area contributed by atoms with E-state index in [0.29, 0.717) is 18.4 Å². The number of phenolic OH excluding ortho intramolecular Hbond substituents is 1. The van der Waals surface area contributed by atoms with Gasteiger partial charge in [-0.05, 0) is 60.8 Å². The summed E-state index contributed by atoms with van der Waals surface area (Å²) < 4.78 is 10.0. The second kappa shape index (κ2) is 25.5. The molecule has 0 spiro atoms. The van der Waals surface area contributed by atoms with Crippen LogP contribution in [0.3, 0.4) is 0 Å². The lowest BCUT2D eigenvalue weighted by Crippen LogP contribution is -2.58. The van der Waals surface area contributed by atoms with Crippen LogP contribution in [0.5, 0.6) is 5.75 Å². The van der Waals surface area contributed by atoms with E-state index in [9.17, 15) is 44.1 Å². The van der Waals surface area contributed by atoms with Gasteiger partial charge in [0.15, 0.2) is 0 Å². The van der Waals surface area contributed by atoms with Crippen molar-refractivity contribution in [3.05, 3.63) is 65.7 Å². The molecule has 1 aliphatic rings. The molecular formula is C45H67N5O11. The number of nitrogens with one attached hydrogen (secondary N) is 5. The Morgan fingerprint density at radius 2 is 1.33 bits per heavy atom. The van der Waals surface area contributed by atoms with Crippen LogP contribution in [0.2, 0.25) is 0 Å². The maximum absolute atomic E-state index is 14.1. The number of aliphatic hydroxyl groups is 2. The molecule has 5 amide bonds. The molecule has 1 aliphatic carbocycles. The number of alkyl carbamates (subject to hydrolysis) is 1. The summed E-state index contributed by atoms with van der Waals surface area (Å²) in [5.41, 5.74) is 1.37. The number of hydrogen-bond donors (Lipinski definition) is 8. The number of aromatic hydroxyl groups is 1. The summed E-state index contributed by atoms with van der Waals surface area (Å²) in [4.78, 5) is 79.2. The predicted octanol–water partition coefficient (Wildman–Crippen LogP) is 3.54. The Morgan fingerprint density at radius 3 is 1.93 bits per heavy atom. The molecule has 1 saturated carbocycles. The van der Waals surface area contributed by atoms with Crippen molar-refractivity contribution in [2.75, 3.05) is 7.11 Å². The van der Waals surface area contributed by atoms with E-state index in [0.717, 1.165) is 37.7 Å². The first kappa shape index (κ1) is 50.1. The number of amides is 5. The van der Waals surface area contributed by atoms with Gasteiger partial charge in [0.25, 0.3) is 0 Å². The normalized spacial score (nSPS) is 16.5. The van der Waals surface area contributed by atoms with Gasteiger partial charge in [-0.2, -0.15) is 0 Å². The van der Waals surface area contributed by atoms with Gasteiger partial charge in [-0.15, -0.1) is 0 Å². The molecule has 0 radical (unpaired) electrons. The first-order chi connectivity index (χ1) is 28.9. The highest BCUT2D eigenvalue weighted by Crippen LogP contribution is 2.28. The zero-order valence-corrected chi connectivity index (χ0v) is 36.4. The van der Waals surface area contributed by atoms with E-state index in [1.165, 1.54) is 26.2 Å². The lowest BCUT2D eigenvalue weighted by atomic mass is 9.83. The zero-order valence-electron chi connectivity index (χ0n) is 36.4. The smallest absolute Gasteiger partial charge is 0.408 e. The first-order valence-electron chi connectivity index (χ1n) is 21.3. The van der Waals surface area contributed by atoms with Crippen LogP contribution in [0.1, 0.15) is 104 Å². The molecule has 1 fully saturated rings. The highest BCUT2D eigenvalue weighted by atomic mass is 16.5. The van der Waals surface area contributed by atoms with Gasteiger partial charge in [0, 0.05) is 6.42 Å². The van der Waals surface area contributed by atoms with Crippen molar-refractivity contribution in [3.8, 4) is 5.75 Å². The first-order valence-corrected chi connectivity index (χ1v) is 21.3. The van der Waals surface area contributed by atoms with Gasteiger partial charge in [-0.1, -0.05) is 102 Å². The van der Waals surface area contributed by atoms with Crippen LogP contribution in [0.15, 0.2) is 54.6 Å². The van der Waals surface area contributed by atoms with Crippen LogP contribution in [0.25, 0.3) is 0 Å². The van der Waals surface area contributed by atoms with Crippen molar-refractivity contribution in [2.24, 2.45) is 17.8 Å². The number of esters is 1. The lowest BCUT2D eigenvalue weighted by Gasteiger charge is -2.32. The van der Waals surface area contributed by atoms with Gasteiger partial charge < -0.3 is 51.4 Å². The summed E-state index contributed by atoms with van der Waals surface area (Å²) in [7, 11) is 1.20. The van der Waals surface area contributed by atoms with E-state index >= 15 is 0 Å². The Morgan fingerprint density at radius 1 is 0.705 bits per heavy atom. The summed E-state index contributed by atoms with van der Waals surface area (Å²) in [5.74, 6) is -3.31. The number of ether oxygens (including phenoxy) is 2. The van der Waals surface area contributed by atoms with E-state index in [-0.39, 0.29) is 37.0 Å². The van der Waals surface area contributed by atoms with Gasteiger partial charge in [-0.3, -0.25) is 24.0 Å². The van der Waals surface area contributed by atoms with Crippen LogP contribution >= 0.6 is 0 Å². The van der Waals surface area contributed by atoms with Crippen LogP contribution in [-0.4, -0.2) is 101 Å². The van der Waals surface area contributed by atoms with Gasteiger partial charge in [0.05, 0.1) is 44.2 Å². The predicted molar refractivity (Wildman–Crippen MR) is 228 cm³/mol. The maximum atomic E-state index is 14.1. The molecule has 3 rings (SSSR count). The SMILES string of the molecule is COC(=O)C[C@H](O)C(CC(C)C)NC(=O)[C@H](C)NC(=O)CC(O)C(CC1CCCCC1)NC(=O)[C@@H](NC(=O)[C@H](Cc1ccc(O)cc1)NC(=O)OCc1ccccc1)C(C)C. The second-order valence-corrected chi connectivity index (χ2v) is 16.9. The van der Waals surface area contributed by atoms with E-state index in [2.05, 4.69) is 31.3 Å². The number of methoxy groups -OCH3 is 1. The fraction of sp³-hybridized carbons (Fsp3) is 0.600. The Bertz CT molecular complexity index is 1700. The van der Waals surface area contributed by atoms with Crippen LogP contribution in [0, 0.1) is 17.8 Å². The minimum atomic E-state index is -1.36. The molecule has 3 unspecified atom stereocenters. The number of benzene rings is 2. The number of aliphatic hydroxyl groups excluding tert-OH is 2. The molecule has 8 N–H and O–H groups in total. The molecule has 338 valence electrons. The molecule has 0 bridgehead atoms. The Balaban J connectivity index is 1.72. The van der Waals surface area contributed by atoms with E-state index < -0.39 is 90.4 Å². The molecule has 0 saturated heterocycles. The average molecular weight is 854 g/mol. The quantitative estimate of drug-likeness (QED) is 0.0753. The van der Waals surface area contributed by atoms with Crippen molar-refractivity contribution in [3.63, 3.8) is 0 Å². The van der Waals surface area contributed by atoms with Crippen LogP contribution in [-0.2, 0) is 46.5 Å². The Hall–Kier alpha value is -5.22. The lowest BCUT2D eigenvalue weighted by molar-refractivity contribution is -0.144. The number of rotatable bonds is 23. The average Bonchev–Trinajstić information content (AvgIpc) is 3.22. The van der Waals surface area contributed by atoms with Gasteiger partial charge in [-0.25, -0.2) is 4.79 Å². The van der Waals surface area contributed by atoms with E-state index in [1.54, 1.807) is 50.2 Å². The summed E-state index contributed by atoms with van der Waals surface area (Å²) in [6.45, 7) is 8.71. The zero-order chi connectivity index (χ0) is 45.1. The summed E-state index contributed by atoms with van der Waals surface area (Å²) >= 11 is 0.